The normalized spacial score (nSPS) is 20.3. The largest absolute Gasteiger partial charge is 0.381 e. The first-order valence-electron chi connectivity index (χ1n) is 9.77. The minimum atomic E-state index is -0.868. The maximum Gasteiger partial charge on any atom is 0.244 e. The number of rotatable bonds is 5. The van der Waals surface area contributed by atoms with Crippen molar-refractivity contribution in [1.82, 2.24) is 9.80 Å². The first kappa shape index (κ1) is 19.8. The summed E-state index contributed by atoms with van der Waals surface area (Å²) in [5, 5.41) is 2.89. The zero-order chi connectivity index (χ0) is 19.3. The summed E-state index contributed by atoms with van der Waals surface area (Å²) in [6.45, 7) is 7.68. The van der Waals surface area contributed by atoms with Crippen molar-refractivity contribution in [3.63, 3.8) is 0 Å². The van der Waals surface area contributed by atoms with Gasteiger partial charge in [-0.2, -0.15) is 0 Å². The Hall–Kier alpha value is -1.96. The molecule has 2 amide bonds. The highest BCUT2D eigenvalue weighted by Gasteiger charge is 2.35. The van der Waals surface area contributed by atoms with Crippen molar-refractivity contribution in [1.29, 1.82) is 0 Å². The van der Waals surface area contributed by atoms with Crippen molar-refractivity contribution in [2.45, 2.75) is 31.7 Å². The van der Waals surface area contributed by atoms with E-state index in [0.29, 0.717) is 38.2 Å². The molecular weight excluding hydrogens is 344 g/mol. The molecule has 2 aliphatic heterocycles. The van der Waals surface area contributed by atoms with Gasteiger partial charge in [0.1, 0.15) is 5.54 Å². The number of hydrogen-bond acceptors (Lipinski definition) is 5. The van der Waals surface area contributed by atoms with E-state index >= 15 is 0 Å². The molecule has 27 heavy (non-hydrogen) atoms. The second-order valence-electron chi connectivity index (χ2n) is 7.41. The second-order valence-corrected chi connectivity index (χ2v) is 7.41. The van der Waals surface area contributed by atoms with E-state index < -0.39 is 5.54 Å². The van der Waals surface area contributed by atoms with Crippen LogP contribution in [0, 0.1) is 0 Å². The van der Waals surface area contributed by atoms with Crippen LogP contribution in [0.5, 0.6) is 0 Å². The van der Waals surface area contributed by atoms with Crippen molar-refractivity contribution in [2.24, 2.45) is 5.73 Å². The van der Waals surface area contributed by atoms with Gasteiger partial charge in [-0.1, -0.05) is 19.1 Å². The molecule has 0 atom stereocenters. The molecule has 3 N–H and O–H groups in total. The number of piperazine rings is 1. The molecule has 1 aromatic rings. The van der Waals surface area contributed by atoms with E-state index in [1.807, 2.05) is 29.2 Å². The van der Waals surface area contributed by atoms with Gasteiger partial charge in [0, 0.05) is 45.1 Å². The maximum atomic E-state index is 12.5. The topological polar surface area (TPSA) is 87.9 Å². The lowest BCUT2D eigenvalue weighted by Crippen LogP contribution is -2.54. The van der Waals surface area contributed by atoms with Gasteiger partial charge in [0.25, 0.3) is 0 Å². The van der Waals surface area contributed by atoms with E-state index in [2.05, 4.69) is 17.1 Å². The second kappa shape index (κ2) is 8.82. The van der Waals surface area contributed by atoms with Gasteiger partial charge >= 0.3 is 0 Å². The highest BCUT2D eigenvalue weighted by molar-refractivity contribution is 5.98. The number of hydrogen-bond donors (Lipinski definition) is 2. The SMILES string of the molecule is CCN1CCN(C(=O)Cc2ccc(NC(=O)C3(N)CCOCC3)cc2)CC1. The Morgan fingerprint density at radius 1 is 1.11 bits per heavy atom. The van der Waals surface area contributed by atoms with Crippen LogP contribution in [0.4, 0.5) is 5.69 Å². The van der Waals surface area contributed by atoms with E-state index in [1.165, 1.54) is 0 Å². The summed E-state index contributed by atoms with van der Waals surface area (Å²) in [6.07, 6.45) is 1.44. The fraction of sp³-hybridized carbons (Fsp3) is 0.600. The number of carbonyl (C=O) groups excluding carboxylic acids is 2. The molecule has 0 radical (unpaired) electrons. The Morgan fingerprint density at radius 3 is 2.33 bits per heavy atom. The quantitative estimate of drug-likeness (QED) is 0.797. The fourth-order valence-electron chi connectivity index (χ4n) is 3.52. The number of nitrogens with two attached hydrogens (primary N) is 1. The lowest BCUT2D eigenvalue weighted by atomic mass is 9.90. The van der Waals surface area contributed by atoms with Crippen LogP contribution in [0.2, 0.25) is 0 Å². The van der Waals surface area contributed by atoms with E-state index in [4.69, 9.17) is 10.5 Å². The summed E-state index contributed by atoms with van der Waals surface area (Å²) in [4.78, 5) is 29.2. The van der Waals surface area contributed by atoms with Crippen molar-refractivity contribution in [3.05, 3.63) is 29.8 Å². The molecule has 0 aliphatic carbocycles. The number of likely N-dealkylation sites (N-methyl/N-ethyl adjacent to an activating group) is 1. The number of carbonyl (C=O) groups is 2. The van der Waals surface area contributed by atoms with Crippen molar-refractivity contribution >= 4 is 17.5 Å². The first-order chi connectivity index (χ1) is 13.0. The molecule has 148 valence electrons. The van der Waals surface area contributed by atoms with Gasteiger partial charge < -0.3 is 25.6 Å². The number of nitrogens with one attached hydrogen (secondary N) is 1. The molecule has 0 unspecified atom stereocenters. The van der Waals surface area contributed by atoms with Gasteiger partial charge in [-0.3, -0.25) is 9.59 Å². The average molecular weight is 374 g/mol. The Kier molecular flexibility index (Phi) is 6.46. The molecule has 0 saturated carbocycles. The van der Waals surface area contributed by atoms with Gasteiger partial charge in [0.15, 0.2) is 0 Å². The molecule has 2 saturated heterocycles. The minimum absolute atomic E-state index is 0.158. The lowest BCUT2D eigenvalue weighted by molar-refractivity contribution is -0.132. The number of benzene rings is 1. The Bertz CT molecular complexity index is 648. The number of ether oxygens (including phenoxy) is 1. The Labute approximate surface area is 160 Å². The monoisotopic (exact) mass is 374 g/mol. The van der Waals surface area contributed by atoms with Crippen LogP contribution in [0.3, 0.4) is 0 Å². The molecule has 1 aromatic carbocycles. The molecule has 2 fully saturated rings. The molecular formula is C20H30N4O3. The van der Waals surface area contributed by atoms with Crippen LogP contribution in [0.1, 0.15) is 25.3 Å². The number of anilines is 1. The van der Waals surface area contributed by atoms with Gasteiger partial charge in [-0.05, 0) is 37.1 Å². The maximum absolute atomic E-state index is 12.5. The van der Waals surface area contributed by atoms with Crippen LogP contribution >= 0.6 is 0 Å². The summed E-state index contributed by atoms with van der Waals surface area (Å²) >= 11 is 0. The molecule has 7 heteroatoms. The molecule has 0 aromatic heterocycles. The predicted octanol–water partition coefficient (Wildman–Crippen LogP) is 0.840. The molecule has 0 spiro atoms. The van der Waals surface area contributed by atoms with Crippen molar-refractivity contribution in [3.8, 4) is 0 Å². The third-order valence-electron chi connectivity index (χ3n) is 5.58. The number of amides is 2. The third-order valence-corrected chi connectivity index (χ3v) is 5.58. The fourth-order valence-corrected chi connectivity index (χ4v) is 3.52. The van der Waals surface area contributed by atoms with Crippen LogP contribution < -0.4 is 11.1 Å². The molecule has 7 nitrogen and oxygen atoms in total. The summed E-state index contributed by atoms with van der Waals surface area (Å²) in [6, 6.07) is 7.45. The van der Waals surface area contributed by atoms with E-state index in [9.17, 15) is 9.59 Å². The van der Waals surface area contributed by atoms with Gasteiger partial charge in [-0.15, -0.1) is 0 Å². The molecule has 0 bridgehead atoms. The zero-order valence-electron chi connectivity index (χ0n) is 16.1. The highest BCUT2D eigenvalue weighted by Crippen LogP contribution is 2.20. The summed E-state index contributed by atoms with van der Waals surface area (Å²) in [7, 11) is 0. The van der Waals surface area contributed by atoms with E-state index in [-0.39, 0.29) is 11.8 Å². The van der Waals surface area contributed by atoms with Crippen LogP contribution in [-0.2, 0) is 20.7 Å². The molecule has 2 aliphatic rings. The summed E-state index contributed by atoms with van der Waals surface area (Å²) < 4.78 is 5.28. The third kappa shape index (κ3) is 5.06. The first-order valence-corrected chi connectivity index (χ1v) is 9.77. The van der Waals surface area contributed by atoms with Gasteiger partial charge in [0.05, 0.1) is 6.42 Å². The van der Waals surface area contributed by atoms with Gasteiger partial charge in [0.2, 0.25) is 11.8 Å². The highest BCUT2D eigenvalue weighted by atomic mass is 16.5. The van der Waals surface area contributed by atoms with Crippen LogP contribution in [0.25, 0.3) is 0 Å². The Morgan fingerprint density at radius 2 is 1.74 bits per heavy atom. The van der Waals surface area contributed by atoms with E-state index in [0.717, 1.165) is 38.3 Å². The summed E-state index contributed by atoms with van der Waals surface area (Å²) in [5.41, 5.74) is 6.98. The molecule has 2 heterocycles. The summed E-state index contributed by atoms with van der Waals surface area (Å²) in [5.74, 6) is -0.0194. The Balaban J connectivity index is 1.51. The smallest absolute Gasteiger partial charge is 0.244 e. The van der Waals surface area contributed by atoms with Crippen LogP contribution in [-0.4, -0.2) is 73.1 Å². The van der Waals surface area contributed by atoms with Gasteiger partial charge in [-0.25, -0.2) is 0 Å². The predicted molar refractivity (Wildman–Crippen MR) is 104 cm³/mol. The van der Waals surface area contributed by atoms with Crippen molar-refractivity contribution in [2.75, 3.05) is 51.3 Å². The number of nitrogens with zero attached hydrogens (tertiary/aromatic N) is 2. The van der Waals surface area contributed by atoms with E-state index in [1.54, 1.807) is 0 Å². The van der Waals surface area contributed by atoms with Crippen molar-refractivity contribution < 1.29 is 14.3 Å². The molecule has 3 rings (SSSR count). The lowest BCUT2D eigenvalue weighted by Gasteiger charge is -2.34. The zero-order valence-corrected chi connectivity index (χ0v) is 16.1. The minimum Gasteiger partial charge on any atom is -0.381 e. The standard InChI is InChI=1S/C20H30N4O3/c1-2-23-9-11-24(12-10-23)18(25)15-16-3-5-17(6-4-16)22-19(26)20(21)7-13-27-14-8-20/h3-6H,2,7-15,21H2,1H3,(H,22,26). The average Bonchev–Trinajstić information content (AvgIpc) is 2.70. The van der Waals surface area contributed by atoms with Crippen LogP contribution in [0.15, 0.2) is 24.3 Å².